The van der Waals surface area contributed by atoms with E-state index in [-0.39, 0.29) is 12.9 Å². The smallest absolute Gasteiger partial charge is 0.344 e. The van der Waals surface area contributed by atoms with Crippen LogP contribution in [-0.2, 0) is 13.6 Å². The first-order chi connectivity index (χ1) is 2.39. The molecule has 0 aromatic carbocycles. The van der Waals surface area contributed by atoms with Crippen LogP contribution in [0.3, 0.4) is 0 Å². The second-order valence-electron chi connectivity index (χ2n) is 0.600. The molecule has 0 spiro atoms. The Labute approximate surface area is 36.0 Å². The molecule has 0 aromatic heterocycles. The molecule has 1 fully saturated rings. The second-order valence-corrected chi connectivity index (χ2v) is 1.56. The molecule has 1 saturated heterocycles. The van der Waals surface area contributed by atoms with Crippen LogP contribution in [0.4, 0.5) is 0 Å². The number of rotatable bonds is 0. The number of hydrogen-bond donors (Lipinski definition) is 1. The topological polar surface area (TPSA) is 70.5 Å². The molecule has 1 rings (SSSR count). The minimum absolute atomic E-state index is 0. The summed E-state index contributed by atoms with van der Waals surface area (Å²) >= 11 is 0. The molecule has 0 radical (unpaired) electrons. The van der Waals surface area contributed by atoms with Crippen molar-refractivity contribution >= 4 is 8.25 Å². The highest BCUT2D eigenvalue weighted by atomic mass is 31.1. The van der Waals surface area contributed by atoms with Crippen LogP contribution in [-0.4, -0.2) is 6.79 Å². The van der Waals surface area contributed by atoms with Crippen molar-refractivity contribution in [2.24, 2.45) is 0 Å². The quantitative estimate of drug-likeness (QED) is 0.468. The summed E-state index contributed by atoms with van der Waals surface area (Å²) in [6.45, 7) is 0.204. The van der Waals surface area contributed by atoms with Crippen LogP contribution in [0.1, 0.15) is 0 Å². The van der Waals surface area contributed by atoms with E-state index in [1.807, 2.05) is 0 Å². The van der Waals surface area contributed by atoms with Crippen molar-refractivity contribution in [3.8, 4) is 0 Å². The van der Waals surface area contributed by atoms with Gasteiger partial charge in [0.1, 0.15) is 0 Å². The molecular formula is CH5NO3P+. The van der Waals surface area contributed by atoms with Crippen LogP contribution >= 0.6 is 8.25 Å². The summed E-state index contributed by atoms with van der Waals surface area (Å²) in [5, 5.41) is 0. The Hall–Kier alpha value is -0.0200. The molecule has 0 atom stereocenters. The summed E-state index contributed by atoms with van der Waals surface area (Å²) in [5.41, 5.74) is 0. The van der Waals surface area contributed by atoms with E-state index in [4.69, 9.17) is 0 Å². The van der Waals surface area contributed by atoms with E-state index >= 15 is 0 Å². The Morgan fingerprint density at radius 3 is 1.83 bits per heavy atom. The highest BCUT2D eigenvalue weighted by Crippen LogP contribution is 2.32. The van der Waals surface area contributed by atoms with Crippen LogP contribution in [0.25, 0.3) is 0 Å². The van der Waals surface area contributed by atoms with Gasteiger partial charge in [-0.3, -0.25) is 0 Å². The fraction of sp³-hybridized carbons (Fsp3) is 1.00. The first-order valence-electron chi connectivity index (χ1n) is 1.13. The SMILES string of the molecule is N.O=[P+]1OCO1. The maximum atomic E-state index is 9.60. The van der Waals surface area contributed by atoms with Crippen molar-refractivity contribution in [3.05, 3.63) is 0 Å². The highest BCUT2D eigenvalue weighted by molar-refractivity contribution is 7.34. The minimum atomic E-state index is -1.67. The molecule has 3 N–H and O–H groups in total. The molecule has 1 aliphatic rings. The minimum Gasteiger partial charge on any atom is -0.344 e. The summed E-state index contributed by atoms with van der Waals surface area (Å²) in [7, 11) is -1.67. The molecule has 4 nitrogen and oxygen atoms in total. The monoisotopic (exact) mass is 110 g/mol. The normalized spacial score (nSPS) is 18.3. The fourth-order valence-electron chi connectivity index (χ4n) is 0.0957. The van der Waals surface area contributed by atoms with Gasteiger partial charge in [0.05, 0.1) is 0 Å². The highest BCUT2D eigenvalue weighted by Gasteiger charge is 2.32. The van der Waals surface area contributed by atoms with Crippen molar-refractivity contribution in [2.45, 2.75) is 0 Å². The van der Waals surface area contributed by atoms with Gasteiger partial charge < -0.3 is 6.15 Å². The molecule has 6 heavy (non-hydrogen) atoms. The fourth-order valence-corrected chi connectivity index (χ4v) is 0.287. The summed E-state index contributed by atoms with van der Waals surface area (Å²) in [5.74, 6) is 0. The molecule has 0 saturated carbocycles. The Morgan fingerprint density at radius 2 is 1.83 bits per heavy atom. The summed E-state index contributed by atoms with van der Waals surface area (Å²) in [6.07, 6.45) is 0. The molecule has 0 unspecified atom stereocenters. The maximum absolute atomic E-state index is 9.60. The van der Waals surface area contributed by atoms with Gasteiger partial charge in [-0.05, 0) is 0 Å². The lowest BCUT2D eigenvalue weighted by Gasteiger charge is -1.88. The van der Waals surface area contributed by atoms with E-state index in [1.54, 1.807) is 0 Å². The van der Waals surface area contributed by atoms with E-state index in [0.29, 0.717) is 0 Å². The predicted octanol–water partition coefficient (Wildman–Crippen LogP) is 0.810. The Morgan fingerprint density at radius 1 is 1.50 bits per heavy atom. The lowest BCUT2D eigenvalue weighted by atomic mass is 11.6. The molecular weight excluding hydrogens is 105 g/mol. The lowest BCUT2D eigenvalue weighted by molar-refractivity contribution is 0.0270. The van der Waals surface area contributed by atoms with Crippen molar-refractivity contribution in [3.63, 3.8) is 0 Å². The first kappa shape index (κ1) is 5.98. The zero-order chi connectivity index (χ0) is 3.70. The molecule has 36 valence electrons. The van der Waals surface area contributed by atoms with Gasteiger partial charge in [-0.1, -0.05) is 9.05 Å². The third-order valence-corrected chi connectivity index (χ3v) is 0.949. The molecule has 0 amide bonds. The summed E-state index contributed by atoms with van der Waals surface area (Å²) in [4.78, 5) is 0. The van der Waals surface area contributed by atoms with E-state index in [0.717, 1.165) is 0 Å². The Bertz CT molecular complexity index is 57.8. The molecule has 0 aromatic rings. The summed E-state index contributed by atoms with van der Waals surface area (Å²) in [6, 6.07) is 0. The maximum Gasteiger partial charge on any atom is 0.702 e. The van der Waals surface area contributed by atoms with Gasteiger partial charge in [0.2, 0.25) is 0 Å². The van der Waals surface area contributed by atoms with E-state index in [1.165, 1.54) is 0 Å². The van der Waals surface area contributed by atoms with E-state index < -0.39 is 8.25 Å². The average molecular weight is 110 g/mol. The van der Waals surface area contributed by atoms with Gasteiger partial charge in [0.15, 0.2) is 0 Å². The van der Waals surface area contributed by atoms with E-state index in [2.05, 4.69) is 9.05 Å². The molecule has 1 aliphatic heterocycles. The zero-order valence-corrected chi connectivity index (χ0v) is 3.98. The van der Waals surface area contributed by atoms with Crippen molar-refractivity contribution in [1.82, 2.24) is 6.15 Å². The Kier molecular flexibility index (Phi) is 2.20. The Balaban J connectivity index is 0.000000250. The van der Waals surface area contributed by atoms with Gasteiger partial charge in [0, 0.05) is 4.57 Å². The third-order valence-electron chi connectivity index (χ3n) is 0.316. The standard InChI is InChI=1S/CH2O3P.H3N/c2-5-3-1-4-5;/h1H2;1H3/q+1;. The first-order valence-corrected chi connectivity index (χ1v) is 2.22. The van der Waals surface area contributed by atoms with Crippen molar-refractivity contribution in [1.29, 1.82) is 0 Å². The van der Waals surface area contributed by atoms with Crippen molar-refractivity contribution in [2.75, 3.05) is 6.79 Å². The van der Waals surface area contributed by atoms with Gasteiger partial charge >= 0.3 is 8.25 Å². The number of hydrogen-bond acceptors (Lipinski definition) is 4. The second kappa shape index (κ2) is 2.21. The zero-order valence-electron chi connectivity index (χ0n) is 3.09. The molecule has 0 bridgehead atoms. The molecule has 5 heteroatoms. The van der Waals surface area contributed by atoms with Crippen LogP contribution < -0.4 is 6.15 Å². The third kappa shape index (κ3) is 0.988. The molecule has 0 aliphatic carbocycles. The van der Waals surface area contributed by atoms with Crippen LogP contribution in [0, 0.1) is 0 Å². The van der Waals surface area contributed by atoms with Crippen LogP contribution in [0.15, 0.2) is 0 Å². The summed E-state index contributed by atoms with van der Waals surface area (Å²) < 4.78 is 18.0. The average Bonchev–Trinajstić information content (AvgIpc) is 1.30. The van der Waals surface area contributed by atoms with Crippen LogP contribution in [0.5, 0.6) is 0 Å². The van der Waals surface area contributed by atoms with Gasteiger partial charge in [0.25, 0.3) is 6.79 Å². The largest absolute Gasteiger partial charge is 0.702 e. The van der Waals surface area contributed by atoms with Gasteiger partial charge in [-0.15, -0.1) is 0 Å². The van der Waals surface area contributed by atoms with Gasteiger partial charge in [-0.25, -0.2) is 0 Å². The van der Waals surface area contributed by atoms with Crippen molar-refractivity contribution < 1.29 is 13.6 Å². The van der Waals surface area contributed by atoms with Gasteiger partial charge in [-0.2, -0.15) is 0 Å². The van der Waals surface area contributed by atoms with E-state index in [9.17, 15) is 4.57 Å². The van der Waals surface area contributed by atoms with Crippen LogP contribution in [0.2, 0.25) is 0 Å². The predicted molar refractivity (Wildman–Crippen MR) is 19.7 cm³/mol. The lowest BCUT2D eigenvalue weighted by Crippen LogP contribution is -1.97. The molecule has 1 heterocycles.